The molecule has 0 N–H and O–H groups in total. The Labute approximate surface area is 78.1 Å². The topological polar surface area (TPSA) is 12.5 Å². The maximum absolute atomic E-state index is 5.77. The molecule has 1 heterocycles. The minimum Gasteiger partial charge on any atom is -0.369 e. The van der Waals surface area contributed by atoms with Crippen molar-refractivity contribution in [3.63, 3.8) is 0 Å². The average Bonchev–Trinajstić information content (AvgIpc) is 2.60. The van der Waals surface area contributed by atoms with E-state index in [0.717, 1.165) is 47.7 Å². The molecule has 3 saturated carbocycles. The van der Waals surface area contributed by atoms with Crippen molar-refractivity contribution in [2.45, 2.75) is 25.0 Å². The molecule has 4 aliphatic carbocycles. The van der Waals surface area contributed by atoms with Gasteiger partial charge in [0.15, 0.2) is 0 Å². The Bertz CT molecular complexity index is 293. The zero-order valence-electron chi connectivity index (χ0n) is 7.60. The minimum atomic E-state index is 0.721. The second-order valence-corrected chi connectivity index (χ2v) is 5.73. The first kappa shape index (κ1) is 6.23. The molecular formula is C12H14O. The summed E-state index contributed by atoms with van der Waals surface area (Å²) in [6.07, 6.45) is 9.45. The van der Waals surface area contributed by atoms with Crippen LogP contribution >= 0.6 is 0 Å². The molecule has 68 valence electrons. The zero-order chi connectivity index (χ0) is 8.15. The predicted molar refractivity (Wildman–Crippen MR) is 48.0 cm³/mol. The van der Waals surface area contributed by atoms with Crippen LogP contribution in [0.25, 0.3) is 0 Å². The monoisotopic (exact) mass is 174 g/mol. The van der Waals surface area contributed by atoms with Crippen molar-refractivity contribution < 1.29 is 4.74 Å². The molecule has 4 fully saturated rings. The molecule has 1 heteroatoms. The van der Waals surface area contributed by atoms with Gasteiger partial charge in [0.1, 0.15) is 0 Å². The van der Waals surface area contributed by atoms with Crippen molar-refractivity contribution in [1.82, 2.24) is 0 Å². The molecule has 0 aromatic heterocycles. The Kier molecular flexibility index (Phi) is 0.780. The summed E-state index contributed by atoms with van der Waals surface area (Å²) in [4.78, 5) is 0. The Balaban J connectivity index is 1.69. The number of rotatable bonds is 0. The normalized spacial score (nSPS) is 74.5. The van der Waals surface area contributed by atoms with E-state index in [4.69, 9.17) is 4.74 Å². The standard InChI is InChI=1S/C12H14O/c1-2-6-3-5(1)9-7-4-8(10(6)9)12-11(7)13-12/h1-2,5-12H,3-4H2. The van der Waals surface area contributed by atoms with Gasteiger partial charge in [0.25, 0.3) is 0 Å². The quantitative estimate of drug-likeness (QED) is 0.310. The van der Waals surface area contributed by atoms with E-state index < -0.39 is 0 Å². The highest BCUT2D eigenvalue weighted by Gasteiger charge is 2.71. The van der Waals surface area contributed by atoms with Gasteiger partial charge in [-0.25, -0.2) is 0 Å². The third-order valence-corrected chi connectivity index (χ3v) is 5.52. The van der Waals surface area contributed by atoms with Crippen LogP contribution in [0, 0.1) is 35.5 Å². The van der Waals surface area contributed by atoms with E-state index in [1.807, 2.05) is 0 Å². The molecule has 1 aliphatic heterocycles. The number of ether oxygens (including phenoxy) is 1. The highest BCUT2D eigenvalue weighted by Crippen LogP contribution is 2.70. The molecule has 0 amide bonds. The van der Waals surface area contributed by atoms with Crippen LogP contribution in [-0.4, -0.2) is 12.2 Å². The van der Waals surface area contributed by atoms with Gasteiger partial charge in [0.05, 0.1) is 12.2 Å². The molecule has 5 aliphatic rings. The molecular weight excluding hydrogens is 160 g/mol. The summed E-state index contributed by atoms with van der Waals surface area (Å²) in [5.74, 6) is 5.94. The van der Waals surface area contributed by atoms with Crippen molar-refractivity contribution >= 4 is 0 Å². The van der Waals surface area contributed by atoms with Crippen LogP contribution in [0.3, 0.4) is 0 Å². The van der Waals surface area contributed by atoms with Crippen molar-refractivity contribution in [3.05, 3.63) is 12.2 Å². The van der Waals surface area contributed by atoms with Crippen LogP contribution in [0.4, 0.5) is 0 Å². The summed E-state index contributed by atoms with van der Waals surface area (Å²) in [6.45, 7) is 0. The highest BCUT2D eigenvalue weighted by molar-refractivity contribution is 5.25. The van der Waals surface area contributed by atoms with Crippen LogP contribution in [0.5, 0.6) is 0 Å². The number of epoxide rings is 1. The maximum atomic E-state index is 5.77. The molecule has 5 rings (SSSR count). The lowest BCUT2D eigenvalue weighted by atomic mass is 9.73. The molecule has 8 atom stereocenters. The van der Waals surface area contributed by atoms with E-state index >= 15 is 0 Å². The zero-order valence-corrected chi connectivity index (χ0v) is 7.60. The molecule has 0 spiro atoms. The Morgan fingerprint density at radius 2 is 1.46 bits per heavy atom. The van der Waals surface area contributed by atoms with Crippen molar-refractivity contribution in [3.8, 4) is 0 Å². The van der Waals surface area contributed by atoms with E-state index in [9.17, 15) is 0 Å². The minimum absolute atomic E-state index is 0.721. The Morgan fingerprint density at radius 1 is 0.846 bits per heavy atom. The van der Waals surface area contributed by atoms with Gasteiger partial charge >= 0.3 is 0 Å². The van der Waals surface area contributed by atoms with Crippen molar-refractivity contribution in [1.29, 1.82) is 0 Å². The summed E-state index contributed by atoms with van der Waals surface area (Å²) in [5.41, 5.74) is 0. The smallest absolute Gasteiger partial charge is 0.0876 e. The summed E-state index contributed by atoms with van der Waals surface area (Å²) >= 11 is 0. The molecule has 1 saturated heterocycles. The van der Waals surface area contributed by atoms with Crippen LogP contribution in [0.2, 0.25) is 0 Å². The summed E-state index contributed by atoms with van der Waals surface area (Å²) in [7, 11) is 0. The molecule has 0 aromatic rings. The fraction of sp³-hybridized carbons (Fsp3) is 0.833. The van der Waals surface area contributed by atoms with E-state index in [-0.39, 0.29) is 0 Å². The number of hydrogen-bond donors (Lipinski definition) is 0. The first-order chi connectivity index (χ1) is 6.43. The van der Waals surface area contributed by atoms with Crippen LogP contribution < -0.4 is 0 Å². The lowest BCUT2D eigenvalue weighted by Crippen LogP contribution is -2.30. The molecule has 8 unspecified atom stereocenters. The second kappa shape index (κ2) is 1.63. The van der Waals surface area contributed by atoms with Crippen LogP contribution in [0.1, 0.15) is 12.8 Å². The van der Waals surface area contributed by atoms with E-state index in [2.05, 4.69) is 12.2 Å². The number of allylic oxidation sites excluding steroid dienone is 2. The second-order valence-electron chi connectivity index (χ2n) is 5.73. The first-order valence-electron chi connectivity index (χ1n) is 5.77. The van der Waals surface area contributed by atoms with Gasteiger partial charge in [0.2, 0.25) is 0 Å². The van der Waals surface area contributed by atoms with Crippen LogP contribution in [-0.2, 0) is 4.74 Å². The first-order valence-corrected chi connectivity index (χ1v) is 5.77. The van der Waals surface area contributed by atoms with Gasteiger partial charge in [-0.15, -0.1) is 0 Å². The Hall–Kier alpha value is -0.300. The van der Waals surface area contributed by atoms with Gasteiger partial charge in [0, 0.05) is 0 Å². The lowest BCUT2D eigenvalue weighted by Gasteiger charge is -2.29. The summed E-state index contributed by atoms with van der Waals surface area (Å²) < 4.78 is 5.77. The van der Waals surface area contributed by atoms with E-state index in [1.165, 1.54) is 12.8 Å². The third-order valence-electron chi connectivity index (χ3n) is 5.52. The summed E-state index contributed by atoms with van der Waals surface area (Å²) in [6, 6.07) is 0. The predicted octanol–water partition coefficient (Wildman–Crippen LogP) is 1.84. The van der Waals surface area contributed by atoms with Gasteiger partial charge in [-0.3, -0.25) is 0 Å². The highest BCUT2D eigenvalue weighted by atomic mass is 16.6. The molecule has 0 radical (unpaired) electrons. The molecule has 4 bridgehead atoms. The molecule has 13 heavy (non-hydrogen) atoms. The largest absolute Gasteiger partial charge is 0.369 e. The third kappa shape index (κ3) is 0.505. The van der Waals surface area contributed by atoms with Gasteiger partial charge in [-0.1, -0.05) is 12.2 Å². The SMILES string of the molecule is C1=CC2CC1C1C3CC(C4OC34)C21. The lowest BCUT2D eigenvalue weighted by molar-refractivity contribution is 0.232. The fourth-order valence-corrected chi connectivity index (χ4v) is 5.26. The molecule has 1 nitrogen and oxygen atoms in total. The maximum Gasteiger partial charge on any atom is 0.0876 e. The van der Waals surface area contributed by atoms with Crippen molar-refractivity contribution in [2.24, 2.45) is 35.5 Å². The average molecular weight is 174 g/mol. The van der Waals surface area contributed by atoms with E-state index in [0.29, 0.717) is 0 Å². The fourth-order valence-electron chi connectivity index (χ4n) is 5.26. The van der Waals surface area contributed by atoms with Gasteiger partial charge < -0.3 is 4.74 Å². The van der Waals surface area contributed by atoms with Gasteiger partial charge in [-0.05, 0) is 48.3 Å². The van der Waals surface area contributed by atoms with Gasteiger partial charge in [-0.2, -0.15) is 0 Å². The number of hydrogen-bond acceptors (Lipinski definition) is 1. The van der Waals surface area contributed by atoms with Crippen molar-refractivity contribution in [2.75, 3.05) is 0 Å². The summed E-state index contributed by atoms with van der Waals surface area (Å²) in [5, 5.41) is 0. The van der Waals surface area contributed by atoms with E-state index in [1.54, 1.807) is 0 Å². The van der Waals surface area contributed by atoms with Crippen LogP contribution in [0.15, 0.2) is 12.2 Å². The Morgan fingerprint density at radius 3 is 2.08 bits per heavy atom. The number of fused-ring (bicyclic) bond motifs is 12. The molecule has 0 aromatic carbocycles.